The topological polar surface area (TPSA) is 17.1 Å². The second kappa shape index (κ2) is 3.68. The lowest BCUT2D eigenvalue weighted by molar-refractivity contribution is -0.116. The Morgan fingerprint density at radius 1 is 1.42 bits per heavy atom. The number of alkyl halides is 1. The first-order valence-corrected chi connectivity index (χ1v) is 3.95. The number of ketones is 1. The Morgan fingerprint density at radius 3 is 2.33 bits per heavy atom. The highest BCUT2D eigenvalue weighted by molar-refractivity contribution is 6.30. The van der Waals surface area contributed by atoms with Crippen molar-refractivity contribution >= 4 is 17.4 Å². The van der Waals surface area contributed by atoms with Gasteiger partial charge in [0, 0.05) is 0 Å². The Bertz CT molecular complexity index is 281. The SMILES string of the molecule is CC(=O)[C@@H](Cl)c1ccc(F)cc1. The van der Waals surface area contributed by atoms with Gasteiger partial charge in [-0.05, 0) is 24.6 Å². The summed E-state index contributed by atoms with van der Waals surface area (Å²) in [5, 5.41) is -0.661. The van der Waals surface area contributed by atoms with Gasteiger partial charge < -0.3 is 0 Å². The summed E-state index contributed by atoms with van der Waals surface area (Å²) < 4.78 is 12.4. The zero-order chi connectivity index (χ0) is 9.14. The predicted molar refractivity (Wildman–Crippen MR) is 45.7 cm³/mol. The van der Waals surface area contributed by atoms with Crippen molar-refractivity contribution in [3.05, 3.63) is 35.6 Å². The van der Waals surface area contributed by atoms with Crippen molar-refractivity contribution in [3.63, 3.8) is 0 Å². The van der Waals surface area contributed by atoms with Crippen molar-refractivity contribution in [1.29, 1.82) is 0 Å². The standard InChI is InChI=1S/C9H8ClFO/c1-6(12)9(10)7-2-4-8(11)5-3-7/h2-5,9H,1H3/t9-/m1/s1. The van der Waals surface area contributed by atoms with Crippen molar-refractivity contribution in [3.8, 4) is 0 Å². The van der Waals surface area contributed by atoms with Crippen LogP contribution >= 0.6 is 11.6 Å². The Labute approximate surface area is 75.2 Å². The molecule has 1 aromatic rings. The second-order valence-electron chi connectivity index (χ2n) is 2.52. The van der Waals surface area contributed by atoms with Gasteiger partial charge in [0.1, 0.15) is 11.2 Å². The van der Waals surface area contributed by atoms with Crippen LogP contribution in [0.1, 0.15) is 17.9 Å². The van der Waals surface area contributed by atoms with Crippen molar-refractivity contribution < 1.29 is 9.18 Å². The molecule has 0 amide bonds. The van der Waals surface area contributed by atoms with Crippen LogP contribution in [0.2, 0.25) is 0 Å². The summed E-state index contributed by atoms with van der Waals surface area (Å²) in [7, 11) is 0. The van der Waals surface area contributed by atoms with Gasteiger partial charge in [-0.25, -0.2) is 4.39 Å². The number of carbonyl (C=O) groups is 1. The van der Waals surface area contributed by atoms with Crippen molar-refractivity contribution in [2.75, 3.05) is 0 Å². The summed E-state index contributed by atoms with van der Waals surface area (Å²) in [6.45, 7) is 1.40. The van der Waals surface area contributed by atoms with Gasteiger partial charge in [-0.15, -0.1) is 11.6 Å². The second-order valence-corrected chi connectivity index (χ2v) is 2.96. The molecular weight excluding hydrogens is 179 g/mol. The van der Waals surface area contributed by atoms with Crippen LogP contribution in [-0.2, 0) is 4.79 Å². The maximum Gasteiger partial charge on any atom is 0.152 e. The minimum atomic E-state index is -0.661. The molecule has 3 heteroatoms. The number of hydrogen-bond acceptors (Lipinski definition) is 1. The summed E-state index contributed by atoms with van der Waals surface area (Å²) in [5.41, 5.74) is 0.630. The van der Waals surface area contributed by atoms with Crippen molar-refractivity contribution in [2.45, 2.75) is 12.3 Å². The van der Waals surface area contributed by atoms with Crippen LogP contribution in [0.25, 0.3) is 0 Å². The van der Waals surface area contributed by atoms with E-state index < -0.39 is 5.38 Å². The van der Waals surface area contributed by atoms with Crippen LogP contribution in [-0.4, -0.2) is 5.78 Å². The van der Waals surface area contributed by atoms with E-state index in [-0.39, 0.29) is 11.6 Å². The monoisotopic (exact) mass is 186 g/mol. The Morgan fingerprint density at radius 2 is 1.92 bits per heavy atom. The summed E-state index contributed by atoms with van der Waals surface area (Å²) in [4.78, 5) is 10.8. The molecular formula is C9H8ClFO. The highest BCUT2D eigenvalue weighted by Crippen LogP contribution is 2.20. The van der Waals surface area contributed by atoms with E-state index in [9.17, 15) is 9.18 Å². The molecule has 0 bridgehead atoms. The minimum absolute atomic E-state index is 0.136. The molecule has 1 nitrogen and oxygen atoms in total. The Balaban J connectivity index is 2.89. The molecule has 1 rings (SSSR count). The number of rotatable bonds is 2. The van der Waals surface area contributed by atoms with Crippen LogP contribution in [0, 0.1) is 5.82 Å². The van der Waals surface area contributed by atoms with Gasteiger partial charge in [0.05, 0.1) is 0 Å². The van der Waals surface area contributed by atoms with E-state index >= 15 is 0 Å². The fourth-order valence-corrected chi connectivity index (χ4v) is 1.01. The van der Waals surface area contributed by atoms with E-state index in [1.165, 1.54) is 31.2 Å². The van der Waals surface area contributed by atoms with Crippen LogP contribution in [0.5, 0.6) is 0 Å². The third kappa shape index (κ3) is 2.05. The molecule has 0 N–H and O–H groups in total. The van der Waals surface area contributed by atoms with Gasteiger partial charge in [-0.1, -0.05) is 12.1 Å². The highest BCUT2D eigenvalue weighted by Gasteiger charge is 2.11. The van der Waals surface area contributed by atoms with Crippen LogP contribution in [0.4, 0.5) is 4.39 Å². The first-order chi connectivity index (χ1) is 5.61. The largest absolute Gasteiger partial charge is 0.298 e. The summed E-state index contributed by atoms with van der Waals surface area (Å²) in [6.07, 6.45) is 0. The van der Waals surface area contributed by atoms with Gasteiger partial charge in [0.25, 0.3) is 0 Å². The van der Waals surface area contributed by atoms with E-state index in [0.29, 0.717) is 5.56 Å². The summed E-state index contributed by atoms with van der Waals surface area (Å²) in [5.74, 6) is -0.463. The molecule has 0 aliphatic rings. The molecule has 0 aliphatic heterocycles. The molecule has 0 spiro atoms. The number of hydrogen-bond donors (Lipinski definition) is 0. The third-order valence-electron chi connectivity index (χ3n) is 1.52. The normalized spacial score (nSPS) is 12.6. The first kappa shape index (κ1) is 9.20. The average molecular weight is 187 g/mol. The zero-order valence-electron chi connectivity index (χ0n) is 6.55. The van der Waals surface area contributed by atoms with E-state index in [1.54, 1.807) is 0 Å². The maximum atomic E-state index is 12.4. The molecule has 0 saturated heterocycles. The Hall–Kier alpha value is -0.890. The van der Waals surface area contributed by atoms with Gasteiger partial charge in [-0.3, -0.25) is 4.79 Å². The molecule has 12 heavy (non-hydrogen) atoms. The predicted octanol–water partition coefficient (Wildman–Crippen LogP) is 2.69. The smallest absolute Gasteiger partial charge is 0.152 e. The molecule has 0 saturated carbocycles. The van der Waals surface area contributed by atoms with Gasteiger partial charge in [-0.2, -0.15) is 0 Å². The number of halogens is 2. The number of Topliss-reactive ketones (excluding diaryl/α,β-unsaturated/α-hetero) is 1. The lowest BCUT2D eigenvalue weighted by Crippen LogP contribution is -2.00. The lowest BCUT2D eigenvalue weighted by atomic mass is 10.1. The summed E-state index contributed by atoms with van der Waals surface area (Å²) in [6, 6.07) is 5.59. The molecule has 0 radical (unpaired) electrons. The fourth-order valence-electron chi connectivity index (χ4n) is 0.866. The van der Waals surface area contributed by atoms with Gasteiger partial charge >= 0.3 is 0 Å². The third-order valence-corrected chi connectivity index (χ3v) is 2.08. The van der Waals surface area contributed by atoms with E-state index in [2.05, 4.69) is 0 Å². The molecule has 1 atom stereocenters. The molecule has 0 heterocycles. The lowest BCUT2D eigenvalue weighted by Gasteiger charge is -2.04. The maximum absolute atomic E-state index is 12.4. The average Bonchev–Trinajstić information content (AvgIpc) is 2.04. The molecule has 1 aromatic carbocycles. The zero-order valence-corrected chi connectivity index (χ0v) is 7.31. The molecule has 0 fully saturated rings. The minimum Gasteiger partial charge on any atom is -0.298 e. The first-order valence-electron chi connectivity index (χ1n) is 3.51. The molecule has 64 valence electrons. The molecule has 0 unspecified atom stereocenters. The van der Waals surface area contributed by atoms with Crippen LogP contribution < -0.4 is 0 Å². The van der Waals surface area contributed by atoms with Crippen molar-refractivity contribution in [2.24, 2.45) is 0 Å². The highest BCUT2D eigenvalue weighted by atomic mass is 35.5. The number of benzene rings is 1. The number of carbonyl (C=O) groups excluding carboxylic acids is 1. The van der Waals surface area contributed by atoms with Crippen molar-refractivity contribution in [1.82, 2.24) is 0 Å². The summed E-state index contributed by atoms with van der Waals surface area (Å²) >= 11 is 5.72. The van der Waals surface area contributed by atoms with E-state index in [0.717, 1.165) is 0 Å². The van der Waals surface area contributed by atoms with Gasteiger partial charge in [0.15, 0.2) is 5.78 Å². The van der Waals surface area contributed by atoms with Gasteiger partial charge in [0.2, 0.25) is 0 Å². The van der Waals surface area contributed by atoms with Crippen LogP contribution in [0.3, 0.4) is 0 Å². The van der Waals surface area contributed by atoms with E-state index in [1.807, 2.05) is 0 Å². The molecule has 0 aromatic heterocycles. The van der Waals surface area contributed by atoms with Crippen LogP contribution in [0.15, 0.2) is 24.3 Å². The Kier molecular flexibility index (Phi) is 2.82. The van der Waals surface area contributed by atoms with E-state index in [4.69, 9.17) is 11.6 Å². The molecule has 0 aliphatic carbocycles. The quantitative estimate of drug-likeness (QED) is 0.649. The fraction of sp³-hybridized carbons (Fsp3) is 0.222.